The van der Waals surface area contributed by atoms with Crippen LogP contribution in [0.5, 0.6) is 0 Å². The summed E-state index contributed by atoms with van der Waals surface area (Å²) in [4.78, 5) is 22.2. The van der Waals surface area contributed by atoms with Gasteiger partial charge in [0.2, 0.25) is 5.91 Å². The van der Waals surface area contributed by atoms with E-state index in [1.807, 2.05) is 0 Å². The summed E-state index contributed by atoms with van der Waals surface area (Å²) < 4.78 is 3.48. The molecule has 128 valence electrons. The summed E-state index contributed by atoms with van der Waals surface area (Å²) in [6.45, 7) is 1.12. The highest BCUT2D eigenvalue weighted by Gasteiger charge is 2.54. The lowest BCUT2D eigenvalue weighted by Crippen LogP contribution is -2.67. The Balaban J connectivity index is 3.11. The van der Waals surface area contributed by atoms with Crippen molar-refractivity contribution in [1.82, 2.24) is 5.32 Å². The molecule has 7 N–H and O–H groups in total. The van der Waals surface area contributed by atoms with Crippen LogP contribution >= 0.6 is 22.6 Å². The average Bonchev–Trinajstić information content (AvgIpc) is 2.39. The molecule has 0 radical (unpaired) electrons. The predicted octanol–water partition coefficient (Wildman–Crippen LogP) is -3.11. The molecule has 0 aliphatic carbocycles. The lowest BCUT2D eigenvalue weighted by molar-refractivity contribution is -0.295. The number of aliphatic hydroxyl groups excluding tert-OH is 4. The highest BCUT2D eigenvalue weighted by atomic mass is 127. The number of carboxylic acid groups (broad SMARTS) is 1. The van der Waals surface area contributed by atoms with E-state index in [4.69, 9.17) is 9.84 Å². The standard InChI is InChI=1S/C11H18INO9/c1-3(14)13-5-4(15)2-11(21,10(19)20)22-8(5)6(16)7(17)9(12)18/h4-9,15-18,21H,2H2,1H3,(H,13,14)(H,19,20)/t4-,5+,6+,7-,8+,9?,11-/m0/s1. The van der Waals surface area contributed by atoms with E-state index in [0.717, 1.165) is 6.92 Å². The molecule has 7 atom stereocenters. The molecular formula is C11H18INO9. The molecule has 10 nitrogen and oxygen atoms in total. The number of rotatable bonds is 5. The Morgan fingerprint density at radius 3 is 2.32 bits per heavy atom. The maximum absolute atomic E-state index is 11.2. The van der Waals surface area contributed by atoms with Crippen LogP contribution in [0.3, 0.4) is 0 Å². The Kier molecular flexibility index (Phi) is 6.49. The van der Waals surface area contributed by atoms with E-state index < -0.39 is 58.7 Å². The molecule has 1 unspecified atom stereocenters. The lowest BCUT2D eigenvalue weighted by atomic mass is 9.88. The van der Waals surface area contributed by atoms with Gasteiger partial charge in [0, 0.05) is 13.3 Å². The molecule has 0 saturated carbocycles. The third kappa shape index (κ3) is 4.24. The number of carboxylic acids is 1. The Morgan fingerprint density at radius 2 is 1.91 bits per heavy atom. The van der Waals surface area contributed by atoms with Crippen molar-refractivity contribution in [3.63, 3.8) is 0 Å². The number of hydrogen-bond acceptors (Lipinski definition) is 8. The van der Waals surface area contributed by atoms with Gasteiger partial charge in [-0.2, -0.15) is 0 Å². The number of aliphatic carboxylic acids is 1. The van der Waals surface area contributed by atoms with Crippen molar-refractivity contribution in [2.75, 3.05) is 0 Å². The first kappa shape index (κ1) is 19.5. The highest BCUT2D eigenvalue weighted by molar-refractivity contribution is 14.1. The molecule has 0 aromatic rings. The largest absolute Gasteiger partial charge is 0.477 e. The van der Waals surface area contributed by atoms with Crippen molar-refractivity contribution < 1.29 is 45.0 Å². The normalized spacial score (nSPS) is 36.2. The van der Waals surface area contributed by atoms with Crippen LogP contribution in [0.1, 0.15) is 13.3 Å². The van der Waals surface area contributed by atoms with E-state index in [0.29, 0.717) is 0 Å². The van der Waals surface area contributed by atoms with Gasteiger partial charge in [-0.05, 0) is 22.6 Å². The topological polar surface area (TPSA) is 177 Å². The van der Waals surface area contributed by atoms with E-state index in [1.165, 1.54) is 22.6 Å². The number of carbonyl (C=O) groups is 2. The minimum absolute atomic E-state index is 0.602. The number of halogens is 1. The third-order valence-corrected chi connectivity index (χ3v) is 3.99. The fraction of sp³-hybridized carbons (Fsp3) is 0.818. The van der Waals surface area contributed by atoms with Gasteiger partial charge in [-0.3, -0.25) is 4.79 Å². The highest BCUT2D eigenvalue weighted by Crippen LogP contribution is 2.31. The number of amides is 1. The first-order valence-electron chi connectivity index (χ1n) is 6.26. The number of aliphatic hydroxyl groups is 5. The van der Waals surface area contributed by atoms with E-state index >= 15 is 0 Å². The van der Waals surface area contributed by atoms with Crippen molar-refractivity contribution in [1.29, 1.82) is 0 Å². The molecule has 1 aliphatic rings. The maximum Gasteiger partial charge on any atom is 0.364 e. The van der Waals surface area contributed by atoms with Crippen LogP contribution in [-0.4, -0.2) is 82.9 Å². The Labute approximate surface area is 138 Å². The van der Waals surface area contributed by atoms with Crippen LogP contribution in [0.2, 0.25) is 0 Å². The fourth-order valence-corrected chi connectivity index (χ4v) is 2.59. The smallest absolute Gasteiger partial charge is 0.364 e. The van der Waals surface area contributed by atoms with E-state index in [1.54, 1.807) is 0 Å². The number of alkyl halides is 1. The number of hydrogen-bond donors (Lipinski definition) is 7. The Morgan fingerprint density at radius 1 is 1.36 bits per heavy atom. The molecule has 0 spiro atoms. The molecule has 0 bridgehead atoms. The molecule has 0 aromatic heterocycles. The second-order valence-electron chi connectivity index (χ2n) is 5.02. The molecule has 1 amide bonds. The van der Waals surface area contributed by atoms with Gasteiger partial charge in [0.15, 0.2) is 0 Å². The van der Waals surface area contributed by atoms with Gasteiger partial charge in [0.25, 0.3) is 5.79 Å². The van der Waals surface area contributed by atoms with Crippen LogP contribution in [-0.2, 0) is 14.3 Å². The van der Waals surface area contributed by atoms with Crippen LogP contribution in [0.25, 0.3) is 0 Å². The van der Waals surface area contributed by atoms with Crippen molar-refractivity contribution >= 4 is 34.5 Å². The Bertz CT molecular complexity index is 434. The molecule has 1 heterocycles. The molecule has 1 fully saturated rings. The molecule has 1 saturated heterocycles. The molecule has 1 aliphatic heterocycles. The number of ether oxygens (including phenoxy) is 1. The first-order chi connectivity index (χ1) is 9.99. The summed E-state index contributed by atoms with van der Waals surface area (Å²) in [6.07, 6.45) is -7.60. The molecule has 0 aromatic carbocycles. The number of carbonyl (C=O) groups excluding carboxylic acids is 1. The summed E-state index contributed by atoms with van der Waals surface area (Å²) >= 11 is 1.40. The number of nitrogens with one attached hydrogen (secondary N) is 1. The van der Waals surface area contributed by atoms with Crippen LogP contribution < -0.4 is 5.32 Å². The predicted molar refractivity (Wildman–Crippen MR) is 77.7 cm³/mol. The average molecular weight is 435 g/mol. The Hall–Kier alpha value is -0.570. The van der Waals surface area contributed by atoms with Crippen LogP contribution in [0.4, 0.5) is 0 Å². The van der Waals surface area contributed by atoms with Crippen molar-refractivity contribution in [3.8, 4) is 0 Å². The molecule has 1 rings (SSSR count). The lowest BCUT2D eigenvalue weighted by Gasteiger charge is -2.44. The zero-order valence-corrected chi connectivity index (χ0v) is 13.6. The van der Waals surface area contributed by atoms with Crippen LogP contribution in [0, 0.1) is 0 Å². The minimum Gasteiger partial charge on any atom is -0.477 e. The molecular weight excluding hydrogens is 417 g/mol. The quantitative estimate of drug-likeness (QED) is 0.174. The first-order valence-corrected chi connectivity index (χ1v) is 7.51. The zero-order chi connectivity index (χ0) is 17.2. The SMILES string of the molecule is CC(=O)N[C@H]1[C@H]([C@H](O)[C@H](O)C(O)I)O[C@](O)(C(=O)O)C[C@@H]1O. The zero-order valence-electron chi connectivity index (χ0n) is 11.5. The molecule has 11 heteroatoms. The van der Waals surface area contributed by atoms with E-state index in [-0.39, 0.29) is 0 Å². The second-order valence-corrected chi connectivity index (χ2v) is 6.30. The van der Waals surface area contributed by atoms with Gasteiger partial charge in [-0.1, -0.05) is 0 Å². The summed E-state index contributed by atoms with van der Waals surface area (Å²) in [5, 5.41) is 60.0. The third-order valence-electron chi connectivity index (χ3n) is 3.26. The van der Waals surface area contributed by atoms with Crippen molar-refractivity contribution in [3.05, 3.63) is 0 Å². The van der Waals surface area contributed by atoms with Gasteiger partial charge < -0.3 is 40.7 Å². The van der Waals surface area contributed by atoms with E-state index in [2.05, 4.69) is 5.32 Å². The van der Waals surface area contributed by atoms with Gasteiger partial charge >= 0.3 is 5.97 Å². The second kappa shape index (κ2) is 7.33. The van der Waals surface area contributed by atoms with Gasteiger partial charge in [0.05, 0.1) is 12.1 Å². The molecule has 22 heavy (non-hydrogen) atoms. The van der Waals surface area contributed by atoms with E-state index in [9.17, 15) is 35.1 Å². The maximum atomic E-state index is 11.2. The van der Waals surface area contributed by atoms with Crippen molar-refractivity contribution in [2.45, 2.75) is 53.7 Å². The summed E-state index contributed by atoms with van der Waals surface area (Å²) in [6, 6.07) is -1.28. The summed E-state index contributed by atoms with van der Waals surface area (Å²) in [5.74, 6) is -5.19. The minimum atomic E-state index is -2.80. The summed E-state index contributed by atoms with van der Waals surface area (Å²) in [5.41, 5.74) is 0. The van der Waals surface area contributed by atoms with Crippen LogP contribution in [0.15, 0.2) is 0 Å². The van der Waals surface area contributed by atoms with Gasteiger partial charge in [-0.15, -0.1) is 0 Å². The van der Waals surface area contributed by atoms with Gasteiger partial charge in [0.1, 0.15) is 22.4 Å². The van der Waals surface area contributed by atoms with Gasteiger partial charge in [-0.25, -0.2) is 4.79 Å². The fourth-order valence-electron chi connectivity index (χ4n) is 2.17. The van der Waals surface area contributed by atoms with Crippen molar-refractivity contribution in [2.24, 2.45) is 0 Å². The summed E-state index contributed by atoms with van der Waals surface area (Å²) in [7, 11) is 0. The monoisotopic (exact) mass is 435 g/mol.